The largest absolute Gasteiger partial charge is 0.331 e. The molecule has 0 atom stereocenters. The molecule has 0 saturated heterocycles. The molecule has 3 nitrogen and oxygen atoms in total. The first-order valence-electron chi connectivity index (χ1n) is 5.53. The highest BCUT2D eigenvalue weighted by atomic mass is 127. The fourth-order valence-electron chi connectivity index (χ4n) is 1.92. The lowest BCUT2D eigenvalue weighted by Crippen LogP contribution is -1.99. The predicted octanol–water partition coefficient (Wildman–Crippen LogP) is 4.26. The zero-order chi connectivity index (χ0) is 13.6. The van der Waals surface area contributed by atoms with Gasteiger partial charge in [0.1, 0.15) is 10.8 Å². The van der Waals surface area contributed by atoms with Gasteiger partial charge >= 0.3 is 0 Å². The summed E-state index contributed by atoms with van der Waals surface area (Å²) >= 11 is 8.86. The van der Waals surface area contributed by atoms with E-state index in [1.165, 1.54) is 6.07 Å². The van der Waals surface area contributed by atoms with E-state index in [4.69, 9.17) is 12.2 Å². The number of thiazole rings is 1. The van der Waals surface area contributed by atoms with Crippen LogP contribution in [0.4, 0.5) is 4.39 Å². The summed E-state index contributed by atoms with van der Waals surface area (Å²) < 4.78 is 16.7. The van der Waals surface area contributed by atoms with Crippen LogP contribution in [0.25, 0.3) is 11.0 Å². The molecule has 0 saturated carbocycles. The van der Waals surface area contributed by atoms with Crippen molar-refractivity contribution in [2.45, 2.75) is 13.5 Å². The van der Waals surface area contributed by atoms with Crippen molar-refractivity contribution in [2.24, 2.45) is 0 Å². The van der Waals surface area contributed by atoms with E-state index in [1.54, 1.807) is 17.4 Å². The third-order valence-corrected chi connectivity index (χ3v) is 4.88. The molecule has 0 bridgehead atoms. The predicted molar refractivity (Wildman–Crippen MR) is 85.8 cm³/mol. The molecule has 7 heteroatoms. The van der Waals surface area contributed by atoms with Crippen molar-refractivity contribution in [3.05, 3.63) is 42.4 Å². The van der Waals surface area contributed by atoms with Crippen molar-refractivity contribution in [3.63, 3.8) is 0 Å². The van der Waals surface area contributed by atoms with Crippen LogP contribution in [0.1, 0.15) is 10.7 Å². The third-order valence-electron chi connectivity index (χ3n) is 2.78. The highest BCUT2D eigenvalue weighted by Crippen LogP contribution is 2.22. The topological polar surface area (TPSA) is 33.6 Å². The van der Waals surface area contributed by atoms with Gasteiger partial charge in [-0.2, -0.15) is 0 Å². The Labute approximate surface area is 131 Å². The molecule has 0 spiro atoms. The van der Waals surface area contributed by atoms with Gasteiger partial charge < -0.3 is 9.55 Å². The number of fused-ring (bicyclic) bond motifs is 1. The number of hydrogen-bond donors (Lipinski definition) is 1. The molecule has 0 fully saturated rings. The molecule has 3 aromatic rings. The lowest BCUT2D eigenvalue weighted by molar-refractivity contribution is 0.621. The van der Waals surface area contributed by atoms with Crippen LogP contribution in [-0.2, 0) is 6.54 Å². The van der Waals surface area contributed by atoms with Crippen LogP contribution in [0.15, 0.2) is 17.5 Å². The van der Waals surface area contributed by atoms with Crippen LogP contribution in [0.5, 0.6) is 0 Å². The maximum atomic E-state index is 13.7. The Kier molecular flexibility index (Phi) is 3.44. The van der Waals surface area contributed by atoms with Crippen LogP contribution in [0.3, 0.4) is 0 Å². The molecule has 2 heterocycles. The Hall–Kier alpha value is -0.800. The second-order valence-electron chi connectivity index (χ2n) is 4.18. The van der Waals surface area contributed by atoms with Gasteiger partial charge in [-0.05, 0) is 47.8 Å². The van der Waals surface area contributed by atoms with Gasteiger partial charge in [-0.1, -0.05) is 0 Å². The minimum atomic E-state index is -0.230. The van der Waals surface area contributed by atoms with Crippen molar-refractivity contribution >= 4 is 57.2 Å². The summed E-state index contributed by atoms with van der Waals surface area (Å²) in [7, 11) is 0. The minimum Gasteiger partial charge on any atom is -0.331 e. The minimum absolute atomic E-state index is 0.230. The van der Waals surface area contributed by atoms with E-state index in [0.717, 1.165) is 21.7 Å². The van der Waals surface area contributed by atoms with E-state index in [2.05, 4.69) is 9.97 Å². The third kappa shape index (κ3) is 2.46. The monoisotopic (exact) mass is 405 g/mol. The number of aromatic nitrogens is 3. The molecular weight excluding hydrogens is 396 g/mol. The van der Waals surface area contributed by atoms with Crippen LogP contribution >= 0.6 is 46.1 Å². The number of aromatic amines is 1. The van der Waals surface area contributed by atoms with Crippen molar-refractivity contribution in [3.8, 4) is 0 Å². The number of nitrogens with zero attached hydrogens (tertiary/aromatic N) is 2. The number of benzene rings is 1. The molecule has 98 valence electrons. The summed E-state index contributed by atoms with van der Waals surface area (Å²) in [6.07, 6.45) is 0. The second kappa shape index (κ2) is 4.95. The molecular formula is C12H9FIN3S2. The van der Waals surface area contributed by atoms with Crippen molar-refractivity contribution in [1.29, 1.82) is 0 Å². The fraction of sp³-hybridized carbons (Fsp3) is 0.167. The summed E-state index contributed by atoms with van der Waals surface area (Å²) in [5.41, 5.74) is 2.62. The number of H-pyrrole nitrogens is 1. The van der Waals surface area contributed by atoms with Gasteiger partial charge in [-0.3, -0.25) is 0 Å². The fourth-order valence-corrected chi connectivity index (χ4v) is 3.42. The van der Waals surface area contributed by atoms with Crippen molar-refractivity contribution < 1.29 is 4.39 Å². The molecule has 19 heavy (non-hydrogen) atoms. The van der Waals surface area contributed by atoms with Gasteiger partial charge in [0.25, 0.3) is 0 Å². The number of rotatable bonds is 2. The lowest BCUT2D eigenvalue weighted by Gasteiger charge is -2.02. The highest BCUT2D eigenvalue weighted by Gasteiger charge is 2.10. The molecule has 0 amide bonds. The van der Waals surface area contributed by atoms with Gasteiger partial charge in [-0.25, -0.2) is 9.37 Å². The van der Waals surface area contributed by atoms with Gasteiger partial charge in [0, 0.05) is 17.1 Å². The van der Waals surface area contributed by atoms with Crippen LogP contribution < -0.4 is 0 Å². The molecule has 0 aliphatic rings. The number of halogens is 2. The highest BCUT2D eigenvalue weighted by molar-refractivity contribution is 14.1. The molecule has 1 aromatic carbocycles. The van der Waals surface area contributed by atoms with E-state index in [9.17, 15) is 4.39 Å². The van der Waals surface area contributed by atoms with Crippen LogP contribution in [0, 0.1) is 21.1 Å². The van der Waals surface area contributed by atoms with Crippen molar-refractivity contribution in [2.75, 3.05) is 0 Å². The Morgan fingerprint density at radius 3 is 3.00 bits per heavy atom. The number of imidazole rings is 1. The standard InChI is InChI=1S/C12H9FIN3S2/c1-6-5-19-11(15-6)4-17-10-2-7(13)8(14)3-9(10)16-12(17)18/h2-3,5H,4H2,1H3,(H,16,18). The van der Waals surface area contributed by atoms with Gasteiger partial charge in [0.2, 0.25) is 0 Å². The average molecular weight is 405 g/mol. The Bertz CT molecular complexity index is 818. The summed E-state index contributed by atoms with van der Waals surface area (Å²) in [6, 6.07) is 3.29. The summed E-state index contributed by atoms with van der Waals surface area (Å²) in [6.45, 7) is 2.52. The molecule has 1 N–H and O–H groups in total. The smallest absolute Gasteiger partial charge is 0.178 e. The zero-order valence-electron chi connectivity index (χ0n) is 9.91. The quantitative estimate of drug-likeness (QED) is 0.511. The molecule has 3 rings (SSSR count). The van der Waals surface area contributed by atoms with E-state index < -0.39 is 0 Å². The second-order valence-corrected chi connectivity index (χ2v) is 6.67. The summed E-state index contributed by atoms with van der Waals surface area (Å²) in [5.74, 6) is -0.230. The van der Waals surface area contributed by atoms with E-state index >= 15 is 0 Å². The average Bonchev–Trinajstić information content (AvgIpc) is 2.87. The first kappa shape index (κ1) is 13.2. The molecule has 0 radical (unpaired) electrons. The van der Waals surface area contributed by atoms with Crippen molar-refractivity contribution in [1.82, 2.24) is 14.5 Å². The maximum Gasteiger partial charge on any atom is 0.178 e. The Morgan fingerprint density at radius 1 is 1.53 bits per heavy atom. The number of hydrogen-bond acceptors (Lipinski definition) is 3. The normalized spacial score (nSPS) is 11.3. The lowest BCUT2D eigenvalue weighted by atomic mass is 10.3. The summed E-state index contributed by atoms with van der Waals surface area (Å²) in [5, 5.41) is 2.96. The first-order valence-corrected chi connectivity index (χ1v) is 7.90. The molecule has 0 unspecified atom stereocenters. The Morgan fingerprint density at radius 2 is 2.32 bits per heavy atom. The zero-order valence-corrected chi connectivity index (χ0v) is 13.7. The SMILES string of the molecule is Cc1csc(Cn2c(=S)[nH]c3cc(I)c(F)cc32)n1. The molecule has 0 aliphatic carbocycles. The molecule has 0 aliphatic heterocycles. The van der Waals surface area contributed by atoms with Crippen LogP contribution in [0.2, 0.25) is 0 Å². The number of nitrogens with one attached hydrogen (secondary N) is 1. The first-order chi connectivity index (χ1) is 9.04. The maximum absolute atomic E-state index is 13.7. The van der Waals surface area contributed by atoms with Gasteiger partial charge in [-0.15, -0.1) is 11.3 Å². The molecule has 2 aromatic heterocycles. The number of aryl methyl sites for hydroxylation is 1. The van der Waals surface area contributed by atoms with E-state index in [1.807, 2.05) is 39.5 Å². The van der Waals surface area contributed by atoms with Gasteiger partial charge in [0.05, 0.1) is 21.1 Å². The Balaban J connectivity index is 2.15. The van der Waals surface area contributed by atoms with E-state index in [-0.39, 0.29) is 5.82 Å². The van der Waals surface area contributed by atoms with Crippen LogP contribution in [-0.4, -0.2) is 14.5 Å². The summed E-state index contributed by atoms with van der Waals surface area (Å²) in [4.78, 5) is 7.52. The van der Waals surface area contributed by atoms with E-state index in [0.29, 0.717) is 14.9 Å². The van der Waals surface area contributed by atoms with Gasteiger partial charge in [0.15, 0.2) is 4.77 Å².